The zero-order valence-corrected chi connectivity index (χ0v) is 15.2. The second-order valence-corrected chi connectivity index (χ2v) is 6.16. The van der Waals surface area contributed by atoms with Crippen LogP contribution in [0.3, 0.4) is 0 Å². The highest BCUT2D eigenvalue weighted by atomic mass is 32.2. The van der Waals surface area contributed by atoms with Crippen molar-refractivity contribution in [2.75, 3.05) is 25.3 Å². The Morgan fingerprint density at radius 2 is 1.88 bits per heavy atom. The first-order valence-corrected chi connectivity index (χ1v) is 8.80. The van der Waals surface area contributed by atoms with Crippen molar-refractivity contribution in [3.8, 4) is 17.2 Å². The topological polar surface area (TPSA) is 78.3 Å². The molecule has 0 spiro atoms. The van der Waals surface area contributed by atoms with Gasteiger partial charge in [0, 0.05) is 5.69 Å². The molecule has 1 N–H and O–H groups in total. The molecule has 0 atom stereocenters. The summed E-state index contributed by atoms with van der Waals surface area (Å²) in [7, 11) is 3.21. The number of hydrogen-bond acceptors (Lipinski definition) is 6. The van der Waals surface area contributed by atoms with Crippen LogP contribution in [0.25, 0.3) is 5.69 Å². The molecule has 7 nitrogen and oxygen atoms in total. The van der Waals surface area contributed by atoms with Crippen LogP contribution >= 0.6 is 11.8 Å². The van der Waals surface area contributed by atoms with Gasteiger partial charge in [0.15, 0.2) is 5.16 Å². The molecule has 2 aromatic carbocycles. The van der Waals surface area contributed by atoms with Crippen molar-refractivity contribution in [2.24, 2.45) is 0 Å². The molecular formula is C18H18N4O3S. The van der Waals surface area contributed by atoms with Crippen molar-refractivity contribution in [3.05, 3.63) is 54.9 Å². The van der Waals surface area contributed by atoms with E-state index in [1.54, 1.807) is 49.4 Å². The lowest BCUT2D eigenvalue weighted by Gasteiger charge is -2.10. The highest BCUT2D eigenvalue weighted by molar-refractivity contribution is 7.99. The van der Waals surface area contributed by atoms with Gasteiger partial charge in [-0.3, -0.25) is 9.36 Å². The Bertz CT molecular complexity index is 880. The Balaban J connectivity index is 1.65. The maximum absolute atomic E-state index is 12.2. The summed E-state index contributed by atoms with van der Waals surface area (Å²) in [5.74, 6) is 1.52. The van der Waals surface area contributed by atoms with E-state index in [2.05, 4.69) is 15.5 Å². The molecule has 3 rings (SSSR count). The molecule has 8 heteroatoms. The number of ether oxygens (including phenoxy) is 2. The average Bonchev–Trinajstić information content (AvgIpc) is 3.15. The number of para-hydroxylation sites is 2. The van der Waals surface area contributed by atoms with E-state index in [1.165, 1.54) is 11.8 Å². The average molecular weight is 370 g/mol. The minimum atomic E-state index is -0.130. The van der Waals surface area contributed by atoms with Crippen molar-refractivity contribution in [2.45, 2.75) is 5.16 Å². The number of nitrogens with one attached hydrogen (secondary N) is 1. The minimum Gasteiger partial charge on any atom is -0.497 e. The van der Waals surface area contributed by atoms with Gasteiger partial charge >= 0.3 is 0 Å². The zero-order valence-electron chi connectivity index (χ0n) is 14.4. The number of carbonyl (C=O) groups excluding carboxylic acids is 1. The quantitative estimate of drug-likeness (QED) is 0.644. The summed E-state index contributed by atoms with van der Waals surface area (Å²) in [5, 5.41) is 11.5. The zero-order chi connectivity index (χ0) is 18.4. The number of methoxy groups -OCH3 is 2. The highest BCUT2D eigenvalue weighted by Gasteiger charge is 2.13. The monoisotopic (exact) mass is 370 g/mol. The maximum atomic E-state index is 12.2. The molecule has 0 saturated heterocycles. The molecule has 1 amide bonds. The molecular weight excluding hydrogens is 352 g/mol. The first-order chi connectivity index (χ1) is 12.7. The molecule has 0 fully saturated rings. The fourth-order valence-corrected chi connectivity index (χ4v) is 3.04. The van der Waals surface area contributed by atoms with Crippen LogP contribution in [-0.4, -0.2) is 40.6 Å². The number of benzene rings is 2. The van der Waals surface area contributed by atoms with Gasteiger partial charge in [-0.25, -0.2) is 0 Å². The molecule has 0 aliphatic heterocycles. The summed E-state index contributed by atoms with van der Waals surface area (Å²) in [6.07, 6.45) is 1.60. The van der Waals surface area contributed by atoms with E-state index in [0.717, 1.165) is 11.4 Å². The van der Waals surface area contributed by atoms with E-state index in [-0.39, 0.29) is 11.7 Å². The Hall–Kier alpha value is -3.00. The molecule has 1 aromatic heterocycles. The smallest absolute Gasteiger partial charge is 0.234 e. The lowest BCUT2D eigenvalue weighted by Crippen LogP contribution is -2.14. The highest BCUT2D eigenvalue weighted by Crippen LogP contribution is 2.26. The molecule has 0 bridgehead atoms. The first-order valence-electron chi connectivity index (χ1n) is 7.81. The first kappa shape index (κ1) is 17.8. The molecule has 26 heavy (non-hydrogen) atoms. The van der Waals surface area contributed by atoms with Crippen LogP contribution in [0.2, 0.25) is 0 Å². The lowest BCUT2D eigenvalue weighted by atomic mass is 10.3. The van der Waals surface area contributed by atoms with Gasteiger partial charge in [0.25, 0.3) is 0 Å². The van der Waals surface area contributed by atoms with Crippen molar-refractivity contribution in [1.82, 2.24) is 14.8 Å². The van der Waals surface area contributed by atoms with E-state index < -0.39 is 0 Å². The van der Waals surface area contributed by atoms with Crippen LogP contribution < -0.4 is 14.8 Å². The Labute approximate surface area is 155 Å². The van der Waals surface area contributed by atoms with Gasteiger partial charge in [0.05, 0.1) is 25.7 Å². The number of carbonyl (C=O) groups is 1. The summed E-state index contributed by atoms with van der Waals surface area (Å²) in [6.45, 7) is 0. The summed E-state index contributed by atoms with van der Waals surface area (Å²) in [5.41, 5.74) is 1.53. The van der Waals surface area contributed by atoms with Crippen LogP contribution in [0.5, 0.6) is 11.5 Å². The van der Waals surface area contributed by atoms with Crippen molar-refractivity contribution >= 4 is 23.4 Å². The van der Waals surface area contributed by atoms with Gasteiger partial charge in [-0.05, 0) is 36.4 Å². The molecule has 134 valence electrons. The second kappa shape index (κ2) is 8.39. The lowest BCUT2D eigenvalue weighted by molar-refractivity contribution is -0.113. The van der Waals surface area contributed by atoms with Crippen LogP contribution in [0.1, 0.15) is 0 Å². The van der Waals surface area contributed by atoms with E-state index in [4.69, 9.17) is 9.47 Å². The van der Waals surface area contributed by atoms with Gasteiger partial charge in [0.2, 0.25) is 5.91 Å². The molecule has 0 aliphatic rings. The third-order valence-corrected chi connectivity index (χ3v) is 4.51. The van der Waals surface area contributed by atoms with Gasteiger partial charge in [-0.2, -0.15) is 0 Å². The summed E-state index contributed by atoms with van der Waals surface area (Å²) >= 11 is 1.30. The van der Waals surface area contributed by atoms with Gasteiger partial charge in [0.1, 0.15) is 17.8 Å². The van der Waals surface area contributed by atoms with Gasteiger partial charge in [-0.1, -0.05) is 23.9 Å². The molecule has 0 saturated carbocycles. The van der Waals surface area contributed by atoms with E-state index in [1.807, 2.05) is 24.3 Å². The second-order valence-electron chi connectivity index (χ2n) is 5.22. The van der Waals surface area contributed by atoms with E-state index in [9.17, 15) is 4.79 Å². The van der Waals surface area contributed by atoms with Gasteiger partial charge < -0.3 is 14.8 Å². The Morgan fingerprint density at radius 3 is 2.62 bits per heavy atom. The molecule has 3 aromatic rings. The summed E-state index contributed by atoms with van der Waals surface area (Å²) in [4.78, 5) is 12.2. The van der Waals surface area contributed by atoms with E-state index in [0.29, 0.717) is 16.6 Å². The van der Waals surface area contributed by atoms with Crippen LogP contribution in [0.4, 0.5) is 5.69 Å². The van der Waals surface area contributed by atoms with Crippen molar-refractivity contribution in [3.63, 3.8) is 0 Å². The summed E-state index contributed by atoms with van der Waals surface area (Å²) in [6, 6.07) is 14.7. The SMILES string of the molecule is COc1ccc(NC(=O)CSc2nncn2-c2ccccc2OC)cc1. The third-order valence-electron chi connectivity index (χ3n) is 3.57. The predicted octanol–water partition coefficient (Wildman–Crippen LogP) is 3.02. The van der Waals surface area contributed by atoms with Crippen LogP contribution in [0.15, 0.2) is 60.0 Å². The number of aromatic nitrogens is 3. The number of thioether (sulfide) groups is 1. The fourth-order valence-electron chi connectivity index (χ4n) is 2.32. The summed E-state index contributed by atoms with van der Waals surface area (Å²) < 4.78 is 12.3. The molecule has 0 unspecified atom stereocenters. The molecule has 0 aliphatic carbocycles. The van der Waals surface area contributed by atoms with E-state index >= 15 is 0 Å². The van der Waals surface area contributed by atoms with Gasteiger partial charge in [-0.15, -0.1) is 10.2 Å². The molecule has 1 heterocycles. The largest absolute Gasteiger partial charge is 0.497 e. The number of anilines is 1. The van der Waals surface area contributed by atoms with Crippen LogP contribution in [0, 0.1) is 0 Å². The maximum Gasteiger partial charge on any atom is 0.234 e. The predicted molar refractivity (Wildman–Crippen MR) is 100 cm³/mol. The number of amides is 1. The number of nitrogens with zero attached hydrogens (tertiary/aromatic N) is 3. The van der Waals surface area contributed by atoms with Crippen LogP contribution in [-0.2, 0) is 4.79 Å². The minimum absolute atomic E-state index is 0.130. The number of hydrogen-bond donors (Lipinski definition) is 1. The molecule has 0 radical (unpaired) electrons. The van der Waals surface area contributed by atoms with Crippen molar-refractivity contribution < 1.29 is 14.3 Å². The number of rotatable bonds is 7. The van der Waals surface area contributed by atoms with Crippen molar-refractivity contribution in [1.29, 1.82) is 0 Å². The standard InChI is InChI=1S/C18H18N4O3S/c1-24-14-9-7-13(8-10-14)20-17(23)11-26-18-21-19-12-22(18)15-5-3-4-6-16(15)25-2/h3-10,12H,11H2,1-2H3,(H,20,23). The fraction of sp³-hybridized carbons (Fsp3) is 0.167. The third kappa shape index (κ3) is 4.15. The Morgan fingerprint density at radius 1 is 1.12 bits per heavy atom. The Kier molecular flexibility index (Phi) is 5.75. The normalized spacial score (nSPS) is 10.4.